The Bertz CT molecular complexity index is 477. The van der Waals surface area contributed by atoms with Gasteiger partial charge >= 0.3 is 0 Å². The number of nitrogens with zero attached hydrogens (tertiary/aromatic N) is 3. The Balaban J connectivity index is 2.08. The van der Waals surface area contributed by atoms with Crippen LogP contribution in [0.3, 0.4) is 0 Å². The van der Waals surface area contributed by atoms with E-state index in [4.69, 9.17) is 4.74 Å². The summed E-state index contributed by atoms with van der Waals surface area (Å²) in [6.07, 6.45) is 4.51. The number of hydrogen-bond acceptors (Lipinski definition) is 4. The van der Waals surface area contributed by atoms with Crippen molar-refractivity contribution < 1.29 is 9.84 Å². The minimum atomic E-state index is -0.563. The Morgan fingerprint density at radius 1 is 1.35 bits per heavy atom. The van der Waals surface area contributed by atoms with Crippen LogP contribution in [0.15, 0.2) is 30.7 Å². The molecule has 0 saturated heterocycles. The monoisotopic (exact) mass is 233 g/mol. The number of aromatic nitrogens is 3. The summed E-state index contributed by atoms with van der Waals surface area (Å²) >= 11 is 0. The second kappa shape index (κ2) is 4.97. The van der Waals surface area contributed by atoms with Crippen LogP contribution in [0.5, 0.6) is 11.5 Å². The van der Waals surface area contributed by atoms with Crippen LogP contribution in [-0.2, 0) is 6.54 Å². The highest BCUT2D eigenvalue weighted by Crippen LogP contribution is 2.21. The second-order valence-corrected chi connectivity index (χ2v) is 3.73. The molecule has 0 unspecified atom stereocenters. The van der Waals surface area contributed by atoms with E-state index in [-0.39, 0.29) is 0 Å². The van der Waals surface area contributed by atoms with Gasteiger partial charge in [-0.2, -0.15) is 5.10 Å². The molecule has 2 heterocycles. The topological polar surface area (TPSA) is 60.2 Å². The lowest BCUT2D eigenvalue weighted by molar-refractivity contribution is 0.194. The summed E-state index contributed by atoms with van der Waals surface area (Å²) in [6, 6.07) is 3.52. The molecule has 2 aromatic heterocycles. The molecule has 1 atom stereocenters. The zero-order valence-electron chi connectivity index (χ0n) is 9.87. The van der Waals surface area contributed by atoms with Crippen molar-refractivity contribution >= 4 is 0 Å². The molecule has 2 aromatic rings. The normalized spacial score (nSPS) is 12.4. The van der Waals surface area contributed by atoms with E-state index in [9.17, 15) is 5.11 Å². The molecule has 0 aromatic carbocycles. The maximum Gasteiger partial charge on any atom is 0.165 e. The molecule has 17 heavy (non-hydrogen) atoms. The van der Waals surface area contributed by atoms with Crippen molar-refractivity contribution in [2.45, 2.75) is 26.5 Å². The quantitative estimate of drug-likeness (QED) is 0.878. The summed E-state index contributed by atoms with van der Waals surface area (Å²) in [5, 5.41) is 13.4. The Morgan fingerprint density at radius 3 is 2.71 bits per heavy atom. The predicted octanol–water partition coefficient (Wildman–Crippen LogP) is 2.14. The fourth-order valence-electron chi connectivity index (χ4n) is 1.41. The summed E-state index contributed by atoms with van der Waals surface area (Å²) in [5.74, 6) is 1.31. The summed E-state index contributed by atoms with van der Waals surface area (Å²) in [4.78, 5) is 4.10. The number of hydrogen-bond donors (Lipinski definition) is 1. The van der Waals surface area contributed by atoms with E-state index in [2.05, 4.69) is 10.1 Å². The average molecular weight is 233 g/mol. The molecule has 2 rings (SSSR count). The molecule has 5 heteroatoms. The molecular weight excluding hydrogens is 218 g/mol. The van der Waals surface area contributed by atoms with Crippen LogP contribution in [0.4, 0.5) is 0 Å². The first-order chi connectivity index (χ1) is 8.19. The van der Waals surface area contributed by atoms with Crippen LogP contribution < -0.4 is 4.74 Å². The molecule has 1 N–H and O–H groups in total. The van der Waals surface area contributed by atoms with Crippen LogP contribution >= 0.6 is 0 Å². The first-order valence-corrected chi connectivity index (χ1v) is 5.53. The van der Waals surface area contributed by atoms with Gasteiger partial charge in [0.05, 0.1) is 30.4 Å². The van der Waals surface area contributed by atoms with Crippen molar-refractivity contribution in [3.8, 4) is 11.5 Å². The molecule has 90 valence electrons. The third-order valence-corrected chi connectivity index (χ3v) is 2.36. The molecule has 0 radical (unpaired) electrons. The van der Waals surface area contributed by atoms with E-state index in [0.29, 0.717) is 17.2 Å². The van der Waals surface area contributed by atoms with E-state index in [1.165, 1.54) is 0 Å². The molecule has 0 aliphatic carbocycles. The summed E-state index contributed by atoms with van der Waals surface area (Å²) in [6.45, 7) is 4.49. The van der Waals surface area contributed by atoms with Crippen LogP contribution in [0.25, 0.3) is 0 Å². The van der Waals surface area contributed by atoms with Gasteiger partial charge in [0, 0.05) is 6.54 Å². The van der Waals surface area contributed by atoms with Gasteiger partial charge in [-0.15, -0.1) is 0 Å². The molecule has 0 aliphatic rings. The molecule has 0 spiro atoms. The molecule has 0 amide bonds. The van der Waals surface area contributed by atoms with Crippen LogP contribution in [0.2, 0.25) is 0 Å². The standard InChI is InChI=1S/C12H15N3O2/c1-3-15-8-11(7-14-15)17-10-4-5-12(9(2)16)13-6-10/h4-9,16H,3H2,1-2H3/t9-/m1/s1. The molecule has 0 saturated carbocycles. The Morgan fingerprint density at radius 2 is 2.18 bits per heavy atom. The highest BCUT2D eigenvalue weighted by molar-refractivity contribution is 5.26. The SMILES string of the molecule is CCn1cc(Oc2ccc([C@@H](C)O)nc2)cn1. The Labute approximate surface area is 99.7 Å². The van der Waals surface area contributed by atoms with Gasteiger partial charge in [-0.05, 0) is 26.0 Å². The van der Waals surface area contributed by atoms with E-state index in [0.717, 1.165) is 6.54 Å². The average Bonchev–Trinajstić information content (AvgIpc) is 2.77. The molecule has 0 aliphatic heterocycles. The minimum absolute atomic E-state index is 0.563. The van der Waals surface area contributed by atoms with Gasteiger partial charge in [0.15, 0.2) is 5.75 Å². The number of aliphatic hydroxyl groups is 1. The van der Waals surface area contributed by atoms with Crippen molar-refractivity contribution in [3.05, 3.63) is 36.4 Å². The molecule has 5 nitrogen and oxygen atoms in total. The van der Waals surface area contributed by atoms with Gasteiger partial charge in [0.1, 0.15) is 5.75 Å². The maximum absolute atomic E-state index is 9.32. The number of rotatable bonds is 4. The van der Waals surface area contributed by atoms with Crippen LogP contribution in [0, 0.1) is 0 Å². The van der Waals surface area contributed by atoms with Crippen LogP contribution in [0.1, 0.15) is 25.6 Å². The van der Waals surface area contributed by atoms with Crippen molar-refractivity contribution in [3.63, 3.8) is 0 Å². The number of aryl methyl sites for hydroxylation is 1. The van der Waals surface area contributed by atoms with E-state index >= 15 is 0 Å². The number of pyridine rings is 1. The van der Waals surface area contributed by atoms with Crippen molar-refractivity contribution in [1.82, 2.24) is 14.8 Å². The third kappa shape index (κ3) is 2.82. The van der Waals surface area contributed by atoms with Gasteiger partial charge in [0.25, 0.3) is 0 Å². The maximum atomic E-state index is 9.32. The molecule has 0 bridgehead atoms. The van der Waals surface area contributed by atoms with Crippen molar-refractivity contribution in [2.75, 3.05) is 0 Å². The van der Waals surface area contributed by atoms with Crippen molar-refractivity contribution in [2.24, 2.45) is 0 Å². The summed E-state index contributed by atoms with van der Waals surface area (Å²) in [5.41, 5.74) is 0.626. The zero-order valence-corrected chi connectivity index (χ0v) is 9.87. The van der Waals surface area contributed by atoms with E-state index in [1.54, 1.807) is 36.1 Å². The highest BCUT2D eigenvalue weighted by Gasteiger charge is 2.04. The molecular formula is C12H15N3O2. The first-order valence-electron chi connectivity index (χ1n) is 5.53. The number of ether oxygens (including phenoxy) is 1. The zero-order chi connectivity index (χ0) is 12.3. The smallest absolute Gasteiger partial charge is 0.165 e. The van der Waals surface area contributed by atoms with Gasteiger partial charge in [-0.3, -0.25) is 9.67 Å². The first kappa shape index (κ1) is 11.6. The minimum Gasteiger partial charge on any atom is -0.452 e. The van der Waals surface area contributed by atoms with Crippen LogP contribution in [-0.4, -0.2) is 19.9 Å². The largest absolute Gasteiger partial charge is 0.452 e. The van der Waals surface area contributed by atoms with Crippen molar-refractivity contribution in [1.29, 1.82) is 0 Å². The lowest BCUT2D eigenvalue weighted by Crippen LogP contribution is -1.95. The van der Waals surface area contributed by atoms with E-state index < -0.39 is 6.10 Å². The predicted molar refractivity (Wildman–Crippen MR) is 62.8 cm³/mol. The fourth-order valence-corrected chi connectivity index (χ4v) is 1.41. The lowest BCUT2D eigenvalue weighted by atomic mass is 10.2. The fraction of sp³-hybridized carbons (Fsp3) is 0.333. The van der Waals surface area contributed by atoms with Gasteiger partial charge in [-0.1, -0.05) is 0 Å². The highest BCUT2D eigenvalue weighted by atomic mass is 16.5. The van der Waals surface area contributed by atoms with Gasteiger partial charge in [-0.25, -0.2) is 0 Å². The number of aliphatic hydroxyl groups excluding tert-OH is 1. The van der Waals surface area contributed by atoms with Gasteiger partial charge < -0.3 is 9.84 Å². The van der Waals surface area contributed by atoms with Gasteiger partial charge in [0.2, 0.25) is 0 Å². The lowest BCUT2D eigenvalue weighted by Gasteiger charge is -2.05. The third-order valence-electron chi connectivity index (χ3n) is 2.36. The Kier molecular flexibility index (Phi) is 3.39. The molecule has 0 fully saturated rings. The summed E-state index contributed by atoms with van der Waals surface area (Å²) in [7, 11) is 0. The van der Waals surface area contributed by atoms with E-state index in [1.807, 2.05) is 13.1 Å². The summed E-state index contributed by atoms with van der Waals surface area (Å²) < 4.78 is 7.35. The Hall–Kier alpha value is -1.88. The second-order valence-electron chi connectivity index (χ2n) is 3.73.